The normalized spacial score (nSPS) is 23.8. The Kier molecular flexibility index (Phi) is 8.31. The van der Waals surface area contributed by atoms with Crippen LogP contribution in [0.2, 0.25) is 0 Å². The molecule has 3 atom stereocenters. The van der Waals surface area contributed by atoms with E-state index in [1.165, 1.54) is 32.4 Å². The first-order chi connectivity index (χ1) is 17.4. The molecule has 2 fully saturated rings. The average molecular weight is 494 g/mol. The van der Waals surface area contributed by atoms with Crippen LogP contribution in [0.25, 0.3) is 6.08 Å². The molecular weight excluding hydrogens is 456 g/mol. The number of hydrogen-bond acceptors (Lipinski definition) is 5. The summed E-state index contributed by atoms with van der Waals surface area (Å²) in [5.74, 6) is 0.543. The van der Waals surface area contributed by atoms with Crippen LogP contribution in [-0.4, -0.2) is 63.4 Å². The molecule has 2 aromatic carbocycles. The van der Waals surface area contributed by atoms with E-state index < -0.39 is 5.97 Å². The molecule has 0 saturated carbocycles. The van der Waals surface area contributed by atoms with Gasteiger partial charge in [-0.15, -0.1) is 0 Å². The highest BCUT2D eigenvalue weighted by Crippen LogP contribution is 2.36. The van der Waals surface area contributed by atoms with E-state index in [1.807, 2.05) is 6.07 Å². The van der Waals surface area contributed by atoms with Crippen molar-refractivity contribution in [1.29, 1.82) is 0 Å². The summed E-state index contributed by atoms with van der Waals surface area (Å²) in [4.78, 5) is 26.2. The number of quaternary nitrogens is 1. The van der Waals surface area contributed by atoms with Gasteiger partial charge in [-0.25, -0.2) is 4.79 Å². The fourth-order valence-corrected chi connectivity index (χ4v) is 5.73. The zero-order chi connectivity index (χ0) is 25.5. The van der Waals surface area contributed by atoms with Crippen LogP contribution in [0.3, 0.4) is 0 Å². The maximum Gasteiger partial charge on any atom is 0.354 e. The van der Waals surface area contributed by atoms with Crippen molar-refractivity contribution in [3.63, 3.8) is 0 Å². The third-order valence-corrected chi connectivity index (χ3v) is 7.66. The van der Waals surface area contributed by atoms with Crippen LogP contribution in [0.15, 0.2) is 54.2 Å². The van der Waals surface area contributed by atoms with E-state index in [4.69, 9.17) is 14.2 Å². The third kappa shape index (κ3) is 5.90. The van der Waals surface area contributed by atoms with Crippen LogP contribution in [0.1, 0.15) is 48.0 Å². The predicted molar refractivity (Wildman–Crippen MR) is 139 cm³/mol. The van der Waals surface area contributed by atoms with Crippen molar-refractivity contribution in [3.8, 4) is 11.5 Å². The van der Waals surface area contributed by atoms with Gasteiger partial charge in [-0.05, 0) is 61.6 Å². The molecule has 2 heterocycles. The molecule has 0 spiro atoms. The molecule has 2 aliphatic rings. The molecule has 192 valence electrons. The standard InChI is InChI=1S/C29H36N2O5/c1-31-16-8-7-13-25(31)23(12-9-17-31)20-36-29(33)24(30-28(32)22-10-5-4-6-11-22)18-21-14-15-26(34-2)27(19-21)35-3/h4-6,10-11,14-15,18-19,23,25H,7-9,12-13,16-17,20H2,1-3H3/p+1/b24-18+/t23-,25-,31+/m0/s1. The van der Waals surface area contributed by atoms with Gasteiger partial charge in [0.1, 0.15) is 12.3 Å². The molecule has 2 aromatic rings. The summed E-state index contributed by atoms with van der Waals surface area (Å²) in [6.07, 6.45) is 7.51. The molecule has 0 radical (unpaired) electrons. The molecule has 0 unspecified atom stereocenters. The number of piperidine rings is 2. The van der Waals surface area contributed by atoms with Crippen molar-refractivity contribution in [1.82, 2.24) is 5.32 Å². The van der Waals surface area contributed by atoms with E-state index >= 15 is 0 Å². The van der Waals surface area contributed by atoms with Gasteiger partial charge in [-0.3, -0.25) is 4.79 Å². The monoisotopic (exact) mass is 493 g/mol. The molecule has 0 aliphatic carbocycles. The average Bonchev–Trinajstić information content (AvgIpc) is 2.91. The zero-order valence-electron chi connectivity index (χ0n) is 21.5. The Morgan fingerprint density at radius 3 is 2.47 bits per heavy atom. The third-order valence-electron chi connectivity index (χ3n) is 7.66. The Morgan fingerprint density at radius 2 is 1.72 bits per heavy atom. The zero-order valence-corrected chi connectivity index (χ0v) is 21.5. The SMILES string of the molecule is COc1ccc(/C=C(/NC(=O)c2ccccc2)C(=O)OC[C@@H]2CCC[N@@+]3(C)CCCC[C@@H]23)cc1OC. The van der Waals surface area contributed by atoms with Gasteiger partial charge in [-0.1, -0.05) is 24.3 Å². The van der Waals surface area contributed by atoms with E-state index in [1.54, 1.807) is 62.8 Å². The minimum Gasteiger partial charge on any atom is -0.493 e. The molecular formula is C29H37N2O5+. The summed E-state index contributed by atoms with van der Waals surface area (Å²) in [5, 5.41) is 2.77. The van der Waals surface area contributed by atoms with Gasteiger partial charge in [0.25, 0.3) is 5.91 Å². The van der Waals surface area contributed by atoms with Crippen molar-refractivity contribution < 1.29 is 28.3 Å². The quantitative estimate of drug-likeness (QED) is 0.335. The maximum atomic E-state index is 13.3. The molecule has 7 heteroatoms. The van der Waals surface area contributed by atoms with Gasteiger partial charge in [0.05, 0.1) is 40.4 Å². The second kappa shape index (κ2) is 11.6. The molecule has 0 bridgehead atoms. The second-order valence-electron chi connectivity index (χ2n) is 9.98. The molecule has 2 aliphatic heterocycles. The molecule has 1 N–H and O–H groups in total. The van der Waals surface area contributed by atoms with Gasteiger partial charge in [-0.2, -0.15) is 0 Å². The Morgan fingerprint density at radius 1 is 0.972 bits per heavy atom. The minimum atomic E-state index is -0.537. The number of benzene rings is 2. The Labute approximate surface area is 213 Å². The van der Waals surface area contributed by atoms with Crippen molar-refractivity contribution >= 4 is 18.0 Å². The topological polar surface area (TPSA) is 73.9 Å². The lowest BCUT2D eigenvalue weighted by Gasteiger charge is -2.51. The van der Waals surface area contributed by atoms with Crippen LogP contribution < -0.4 is 14.8 Å². The Hall–Kier alpha value is -3.32. The lowest BCUT2D eigenvalue weighted by atomic mass is 9.82. The highest BCUT2D eigenvalue weighted by Gasteiger charge is 2.44. The van der Waals surface area contributed by atoms with Crippen LogP contribution in [-0.2, 0) is 9.53 Å². The molecule has 4 rings (SSSR count). The van der Waals surface area contributed by atoms with Crippen LogP contribution in [0.5, 0.6) is 11.5 Å². The second-order valence-corrected chi connectivity index (χ2v) is 9.98. The first-order valence-electron chi connectivity index (χ1n) is 12.7. The van der Waals surface area contributed by atoms with Gasteiger partial charge >= 0.3 is 5.97 Å². The summed E-state index contributed by atoms with van der Waals surface area (Å²) >= 11 is 0. The summed E-state index contributed by atoms with van der Waals surface area (Å²) in [7, 11) is 5.47. The highest BCUT2D eigenvalue weighted by molar-refractivity contribution is 6.03. The van der Waals surface area contributed by atoms with Gasteiger partial charge < -0.3 is 24.0 Å². The van der Waals surface area contributed by atoms with E-state index in [2.05, 4.69) is 12.4 Å². The lowest BCUT2D eigenvalue weighted by molar-refractivity contribution is -0.947. The van der Waals surface area contributed by atoms with Gasteiger partial charge in [0.2, 0.25) is 0 Å². The Balaban J connectivity index is 1.54. The molecule has 1 amide bonds. The fraction of sp³-hybridized carbons (Fsp3) is 0.448. The number of carbonyl (C=O) groups excluding carboxylic acids is 2. The van der Waals surface area contributed by atoms with Gasteiger partial charge in [0.15, 0.2) is 11.5 Å². The predicted octanol–water partition coefficient (Wildman–Crippen LogP) is 4.43. The first-order valence-corrected chi connectivity index (χ1v) is 12.7. The van der Waals surface area contributed by atoms with Crippen LogP contribution >= 0.6 is 0 Å². The molecule has 36 heavy (non-hydrogen) atoms. The van der Waals surface area contributed by atoms with E-state index in [0.717, 1.165) is 17.3 Å². The summed E-state index contributed by atoms with van der Waals surface area (Å²) in [5.41, 5.74) is 1.24. The number of nitrogens with one attached hydrogen (secondary N) is 1. The van der Waals surface area contributed by atoms with Crippen LogP contribution in [0.4, 0.5) is 0 Å². The molecule has 7 nitrogen and oxygen atoms in total. The van der Waals surface area contributed by atoms with Gasteiger partial charge in [0, 0.05) is 17.9 Å². The number of nitrogens with zero attached hydrogens (tertiary/aromatic N) is 1. The number of methoxy groups -OCH3 is 2. The Bertz CT molecular complexity index is 1100. The fourth-order valence-electron chi connectivity index (χ4n) is 5.73. The summed E-state index contributed by atoms with van der Waals surface area (Å²) < 4.78 is 17.7. The van der Waals surface area contributed by atoms with Crippen LogP contribution in [0, 0.1) is 5.92 Å². The number of ether oxygens (including phenoxy) is 3. The van der Waals surface area contributed by atoms with Crippen molar-refractivity contribution in [2.45, 2.75) is 38.1 Å². The number of esters is 1. The maximum absolute atomic E-state index is 13.3. The summed E-state index contributed by atoms with van der Waals surface area (Å²) in [6.45, 7) is 2.77. The number of rotatable bonds is 8. The number of hydrogen-bond donors (Lipinski definition) is 1. The smallest absolute Gasteiger partial charge is 0.354 e. The van der Waals surface area contributed by atoms with Crippen molar-refractivity contribution in [2.24, 2.45) is 5.92 Å². The lowest BCUT2D eigenvalue weighted by Crippen LogP contribution is -2.61. The minimum absolute atomic E-state index is 0.0905. The van der Waals surface area contributed by atoms with Crippen molar-refractivity contribution in [2.75, 3.05) is 41.0 Å². The highest BCUT2D eigenvalue weighted by atomic mass is 16.5. The van der Waals surface area contributed by atoms with E-state index in [0.29, 0.717) is 41.2 Å². The first kappa shape index (κ1) is 25.8. The molecule has 0 aromatic heterocycles. The van der Waals surface area contributed by atoms with E-state index in [-0.39, 0.29) is 11.6 Å². The number of carbonyl (C=O) groups is 2. The number of amides is 1. The number of fused-ring (bicyclic) bond motifs is 1. The van der Waals surface area contributed by atoms with E-state index in [9.17, 15) is 9.59 Å². The van der Waals surface area contributed by atoms with Crippen molar-refractivity contribution in [3.05, 3.63) is 65.4 Å². The molecule has 2 saturated heterocycles. The largest absolute Gasteiger partial charge is 0.493 e. The summed E-state index contributed by atoms with van der Waals surface area (Å²) in [6, 6.07) is 14.7.